The smallest absolute Gasteiger partial charge is 0.272 e. The number of aryl methyl sites for hydroxylation is 2. The van der Waals surface area contributed by atoms with E-state index >= 15 is 0 Å². The molecule has 16 heavy (non-hydrogen) atoms. The van der Waals surface area contributed by atoms with Crippen LogP contribution in [0.1, 0.15) is 5.56 Å². The van der Waals surface area contributed by atoms with Crippen LogP contribution >= 0.6 is 0 Å². The van der Waals surface area contributed by atoms with Crippen molar-refractivity contribution in [1.29, 1.82) is 0 Å². The number of benzene rings is 1. The molecule has 0 saturated heterocycles. The van der Waals surface area contributed by atoms with E-state index in [1.165, 1.54) is 0 Å². The van der Waals surface area contributed by atoms with E-state index in [1.807, 2.05) is 41.2 Å². The van der Waals surface area contributed by atoms with Crippen LogP contribution < -0.4 is 0 Å². The van der Waals surface area contributed by atoms with Crippen LogP contribution in [0.3, 0.4) is 0 Å². The van der Waals surface area contributed by atoms with Crippen molar-refractivity contribution in [2.24, 2.45) is 0 Å². The summed E-state index contributed by atoms with van der Waals surface area (Å²) in [5.74, 6) is 0. The van der Waals surface area contributed by atoms with Crippen LogP contribution in [0.5, 0.6) is 0 Å². The Morgan fingerprint density at radius 3 is 2.50 bits per heavy atom. The highest BCUT2D eigenvalue weighted by Gasteiger charge is 2.11. The van der Waals surface area contributed by atoms with Gasteiger partial charge < -0.3 is 4.57 Å². The van der Waals surface area contributed by atoms with E-state index in [-0.39, 0.29) is 10.6 Å². The fourth-order valence-electron chi connectivity index (χ4n) is 1.67. The Bertz CT molecular complexity index is 478. The minimum atomic E-state index is -0.328. The zero-order valence-corrected chi connectivity index (χ0v) is 8.74. The summed E-state index contributed by atoms with van der Waals surface area (Å²) in [6.45, 7) is 0.762. The maximum atomic E-state index is 10.8. The van der Waals surface area contributed by atoms with Gasteiger partial charge in [-0.1, -0.05) is 18.2 Å². The third kappa shape index (κ3) is 2.28. The first-order valence-electron chi connectivity index (χ1n) is 5.10. The number of nitro groups is 1. The third-order valence-electron chi connectivity index (χ3n) is 2.49. The Morgan fingerprint density at radius 2 is 1.81 bits per heavy atom. The van der Waals surface area contributed by atoms with Gasteiger partial charge in [-0.2, -0.15) is 0 Å². The van der Waals surface area contributed by atoms with Gasteiger partial charge in [0.1, 0.15) is 0 Å². The zero-order chi connectivity index (χ0) is 11.4. The molecule has 0 atom stereocenters. The van der Waals surface area contributed by atoms with E-state index in [0.29, 0.717) is 6.42 Å². The molecule has 0 spiro atoms. The molecule has 2 rings (SSSR count). The van der Waals surface area contributed by atoms with E-state index in [2.05, 4.69) is 0 Å². The van der Waals surface area contributed by atoms with Gasteiger partial charge in [-0.3, -0.25) is 10.1 Å². The predicted octanol–water partition coefficient (Wildman–Crippen LogP) is 2.64. The summed E-state index contributed by atoms with van der Waals surface area (Å²) < 4.78 is 2.01. The molecule has 4 heteroatoms. The first kappa shape index (κ1) is 10.4. The molecule has 0 N–H and O–H groups in total. The molecule has 0 amide bonds. The van der Waals surface area contributed by atoms with Crippen LogP contribution in [0.2, 0.25) is 0 Å². The molecule has 0 saturated carbocycles. The van der Waals surface area contributed by atoms with Gasteiger partial charge in [0.2, 0.25) is 0 Å². The predicted molar refractivity (Wildman–Crippen MR) is 61.2 cm³/mol. The summed E-state index contributed by atoms with van der Waals surface area (Å²) in [6.07, 6.45) is 4.58. The van der Waals surface area contributed by atoms with Gasteiger partial charge in [-0.05, 0) is 18.6 Å². The third-order valence-corrected chi connectivity index (χ3v) is 2.49. The minimum absolute atomic E-state index is 0.203. The van der Waals surface area contributed by atoms with E-state index in [9.17, 15) is 10.1 Å². The Kier molecular flexibility index (Phi) is 3.00. The highest BCUT2D eigenvalue weighted by atomic mass is 16.6. The molecule has 0 fully saturated rings. The molecule has 4 nitrogen and oxygen atoms in total. The van der Waals surface area contributed by atoms with E-state index < -0.39 is 0 Å². The molecule has 1 aromatic heterocycles. The van der Waals surface area contributed by atoms with Crippen molar-refractivity contribution in [3.05, 3.63) is 64.5 Å². The number of hydrogen-bond acceptors (Lipinski definition) is 2. The van der Waals surface area contributed by atoms with Crippen molar-refractivity contribution in [3.63, 3.8) is 0 Å². The summed E-state index contributed by atoms with van der Waals surface area (Å²) in [5.41, 5.74) is 0.982. The second-order valence-electron chi connectivity index (χ2n) is 3.56. The van der Waals surface area contributed by atoms with Crippen molar-refractivity contribution in [3.8, 4) is 0 Å². The molecular weight excluding hydrogens is 204 g/mol. The number of hydrogen-bond donors (Lipinski definition) is 0. The molecule has 82 valence electrons. The minimum Gasteiger partial charge on any atom is -0.354 e. The van der Waals surface area contributed by atoms with E-state index in [0.717, 1.165) is 12.1 Å². The van der Waals surface area contributed by atoms with Crippen LogP contribution in [-0.4, -0.2) is 9.49 Å². The van der Waals surface area contributed by atoms with Crippen LogP contribution in [0, 0.1) is 10.1 Å². The van der Waals surface area contributed by atoms with Gasteiger partial charge in [0.15, 0.2) is 0 Å². The first-order valence-corrected chi connectivity index (χ1v) is 5.10. The average Bonchev–Trinajstić information content (AvgIpc) is 2.79. The van der Waals surface area contributed by atoms with Gasteiger partial charge in [0.05, 0.1) is 4.92 Å². The molecule has 0 aliphatic heterocycles. The van der Waals surface area contributed by atoms with Gasteiger partial charge in [0, 0.05) is 30.6 Å². The lowest BCUT2D eigenvalue weighted by Crippen LogP contribution is -2.01. The topological polar surface area (TPSA) is 48.1 Å². The Hall–Kier alpha value is -2.10. The quantitative estimate of drug-likeness (QED) is 0.582. The number of nitro benzene ring substituents is 1. The molecule has 1 aromatic carbocycles. The first-order chi connectivity index (χ1) is 7.77. The highest BCUT2D eigenvalue weighted by Crippen LogP contribution is 2.18. The van der Waals surface area contributed by atoms with Crippen LogP contribution in [0.15, 0.2) is 48.8 Å². The van der Waals surface area contributed by atoms with Crippen molar-refractivity contribution in [2.45, 2.75) is 13.0 Å². The van der Waals surface area contributed by atoms with Crippen LogP contribution in [-0.2, 0) is 13.0 Å². The summed E-state index contributed by atoms with van der Waals surface area (Å²) >= 11 is 0. The Labute approximate surface area is 93.3 Å². The van der Waals surface area contributed by atoms with E-state index in [1.54, 1.807) is 12.1 Å². The molecular formula is C12H12N2O2. The van der Waals surface area contributed by atoms with Crippen molar-refractivity contribution < 1.29 is 4.92 Å². The lowest BCUT2D eigenvalue weighted by molar-refractivity contribution is -0.385. The van der Waals surface area contributed by atoms with Crippen molar-refractivity contribution >= 4 is 5.69 Å². The lowest BCUT2D eigenvalue weighted by atomic mass is 10.1. The van der Waals surface area contributed by atoms with Crippen molar-refractivity contribution in [2.75, 3.05) is 0 Å². The maximum absolute atomic E-state index is 10.8. The van der Waals surface area contributed by atoms with Crippen LogP contribution in [0.25, 0.3) is 0 Å². The second kappa shape index (κ2) is 4.61. The highest BCUT2D eigenvalue weighted by molar-refractivity contribution is 5.39. The molecule has 0 bridgehead atoms. The Morgan fingerprint density at radius 1 is 1.12 bits per heavy atom. The normalized spacial score (nSPS) is 10.2. The molecule has 0 radical (unpaired) electrons. The lowest BCUT2D eigenvalue weighted by Gasteiger charge is -2.03. The largest absolute Gasteiger partial charge is 0.354 e. The molecule has 0 aliphatic rings. The van der Waals surface area contributed by atoms with Crippen molar-refractivity contribution in [1.82, 2.24) is 4.57 Å². The zero-order valence-electron chi connectivity index (χ0n) is 8.74. The van der Waals surface area contributed by atoms with E-state index in [4.69, 9.17) is 0 Å². The second-order valence-corrected chi connectivity index (χ2v) is 3.56. The molecule has 0 aliphatic carbocycles. The number of aromatic nitrogens is 1. The average molecular weight is 216 g/mol. The van der Waals surface area contributed by atoms with Gasteiger partial charge >= 0.3 is 0 Å². The molecule has 2 aromatic rings. The van der Waals surface area contributed by atoms with Gasteiger partial charge in [0.25, 0.3) is 5.69 Å². The SMILES string of the molecule is O=[N+]([O-])c1ccccc1CCn1cccc1. The number of rotatable bonds is 4. The summed E-state index contributed by atoms with van der Waals surface area (Å²) in [4.78, 5) is 10.5. The Balaban J connectivity index is 2.12. The fourth-order valence-corrected chi connectivity index (χ4v) is 1.67. The molecule has 0 unspecified atom stereocenters. The summed E-state index contributed by atoms with van der Waals surface area (Å²) in [5, 5.41) is 10.8. The number of nitrogens with zero attached hydrogens (tertiary/aromatic N) is 2. The summed E-state index contributed by atoms with van der Waals surface area (Å²) in [7, 11) is 0. The van der Waals surface area contributed by atoms with Gasteiger partial charge in [-0.25, -0.2) is 0 Å². The van der Waals surface area contributed by atoms with Gasteiger partial charge in [-0.15, -0.1) is 0 Å². The fraction of sp³-hybridized carbons (Fsp3) is 0.167. The number of para-hydroxylation sites is 1. The monoisotopic (exact) mass is 216 g/mol. The molecule has 1 heterocycles. The van der Waals surface area contributed by atoms with Crippen LogP contribution in [0.4, 0.5) is 5.69 Å². The summed E-state index contributed by atoms with van der Waals surface area (Å²) in [6, 6.07) is 10.8. The maximum Gasteiger partial charge on any atom is 0.272 e. The standard InChI is InChI=1S/C12H12N2O2/c15-14(16)12-6-2-1-5-11(12)7-10-13-8-3-4-9-13/h1-6,8-9H,7,10H2.